The summed E-state index contributed by atoms with van der Waals surface area (Å²) in [7, 11) is 0. The Bertz CT molecular complexity index is 766. The number of benzene rings is 2. The van der Waals surface area contributed by atoms with Crippen LogP contribution in [0.4, 0.5) is 5.69 Å². The van der Waals surface area contributed by atoms with Crippen LogP contribution >= 0.6 is 0 Å². The Balaban J connectivity index is 1.58. The highest BCUT2D eigenvalue weighted by Gasteiger charge is 2.25. The molecule has 1 aliphatic rings. The number of aryl methyl sites for hydroxylation is 1. The van der Waals surface area contributed by atoms with E-state index in [0.29, 0.717) is 12.5 Å². The standard InChI is InChI=1S/C27H35NO/c1-2-3-20-27(29)28(25-17-8-5-9-18-25)26-19-11-16-24(21-22-26)15-10-14-23-12-6-4-7-13-23/h4-9,12-13,16-18,26H,2-3,10-11,14-15,19-22H2,1H3. The Morgan fingerprint density at radius 1 is 0.931 bits per heavy atom. The van der Waals surface area contributed by atoms with Crippen molar-refractivity contribution in [2.45, 2.75) is 77.2 Å². The number of hydrogen-bond donors (Lipinski definition) is 0. The number of anilines is 1. The van der Waals surface area contributed by atoms with Gasteiger partial charge >= 0.3 is 0 Å². The molecule has 0 bridgehead atoms. The monoisotopic (exact) mass is 389 g/mol. The van der Waals surface area contributed by atoms with Crippen molar-refractivity contribution in [3.8, 4) is 0 Å². The van der Waals surface area contributed by atoms with Gasteiger partial charge in [-0.05, 0) is 69.1 Å². The van der Waals surface area contributed by atoms with Gasteiger partial charge in [0, 0.05) is 18.2 Å². The Morgan fingerprint density at radius 3 is 2.38 bits per heavy atom. The number of allylic oxidation sites excluding steroid dienone is 2. The molecule has 0 heterocycles. The van der Waals surface area contributed by atoms with Gasteiger partial charge in [-0.15, -0.1) is 0 Å². The first kappa shape index (κ1) is 21.4. The third kappa shape index (κ3) is 6.59. The van der Waals surface area contributed by atoms with Crippen molar-refractivity contribution in [1.29, 1.82) is 0 Å². The highest BCUT2D eigenvalue weighted by Crippen LogP contribution is 2.29. The van der Waals surface area contributed by atoms with E-state index in [4.69, 9.17) is 0 Å². The van der Waals surface area contributed by atoms with Crippen LogP contribution in [0.1, 0.15) is 70.3 Å². The van der Waals surface area contributed by atoms with E-state index < -0.39 is 0 Å². The number of rotatable bonds is 9. The highest BCUT2D eigenvalue weighted by atomic mass is 16.2. The summed E-state index contributed by atoms with van der Waals surface area (Å²) < 4.78 is 0. The van der Waals surface area contributed by atoms with Gasteiger partial charge < -0.3 is 4.90 Å². The topological polar surface area (TPSA) is 20.3 Å². The summed E-state index contributed by atoms with van der Waals surface area (Å²) in [5.74, 6) is 0.288. The van der Waals surface area contributed by atoms with E-state index >= 15 is 0 Å². The fraction of sp³-hybridized carbons (Fsp3) is 0.444. The number of para-hydroxylation sites is 1. The molecule has 1 unspecified atom stereocenters. The van der Waals surface area contributed by atoms with Crippen LogP contribution in [-0.2, 0) is 11.2 Å². The molecule has 0 aromatic heterocycles. The van der Waals surface area contributed by atoms with E-state index in [1.165, 1.54) is 18.4 Å². The Hall–Kier alpha value is -2.35. The molecule has 1 atom stereocenters. The van der Waals surface area contributed by atoms with Gasteiger partial charge in [0.15, 0.2) is 0 Å². The number of unbranched alkanes of at least 4 members (excludes halogenated alkanes) is 1. The lowest BCUT2D eigenvalue weighted by atomic mass is 9.99. The van der Waals surface area contributed by atoms with E-state index in [-0.39, 0.29) is 5.91 Å². The predicted molar refractivity (Wildman–Crippen MR) is 123 cm³/mol. The lowest BCUT2D eigenvalue weighted by Crippen LogP contribution is -2.40. The first-order valence-corrected chi connectivity index (χ1v) is 11.4. The van der Waals surface area contributed by atoms with Crippen LogP contribution < -0.4 is 4.90 Å². The molecule has 0 radical (unpaired) electrons. The second-order valence-electron chi connectivity index (χ2n) is 8.17. The molecule has 0 saturated heterocycles. The third-order valence-corrected chi connectivity index (χ3v) is 5.95. The van der Waals surface area contributed by atoms with Crippen molar-refractivity contribution >= 4 is 11.6 Å². The van der Waals surface area contributed by atoms with Gasteiger partial charge in [0.2, 0.25) is 5.91 Å². The maximum atomic E-state index is 13.0. The zero-order chi connectivity index (χ0) is 20.3. The molecule has 0 saturated carbocycles. The van der Waals surface area contributed by atoms with Crippen molar-refractivity contribution in [2.24, 2.45) is 0 Å². The summed E-state index contributed by atoms with van der Waals surface area (Å²) >= 11 is 0. The maximum Gasteiger partial charge on any atom is 0.227 e. The number of hydrogen-bond acceptors (Lipinski definition) is 1. The number of nitrogens with zero attached hydrogens (tertiary/aromatic N) is 1. The van der Waals surface area contributed by atoms with E-state index in [9.17, 15) is 4.79 Å². The average Bonchev–Trinajstić information content (AvgIpc) is 3.00. The van der Waals surface area contributed by atoms with Gasteiger partial charge in [-0.25, -0.2) is 0 Å². The average molecular weight is 390 g/mol. The zero-order valence-electron chi connectivity index (χ0n) is 17.9. The second-order valence-corrected chi connectivity index (χ2v) is 8.17. The summed E-state index contributed by atoms with van der Waals surface area (Å²) in [5.41, 5.74) is 4.07. The SMILES string of the molecule is CCCCC(=O)N(c1ccccc1)C1CCC=C(CCCc2ccccc2)CC1. The quantitative estimate of drug-likeness (QED) is 0.419. The summed E-state index contributed by atoms with van der Waals surface area (Å²) in [6.45, 7) is 2.15. The molecular formula is C27H35NO. The van der Waals surface area contributed by atoms with Crippen molar-refractivity contribution < 1.29 is 4.79 Å². The first-order chi connectivity index (χ1) is 14.3. The van der Waals surface area contributed by atoms with Gasteiger partial charge in [0.1, 0.15) is 0 Å². The van der Waals surface area contributed by atoms with Crippen LogP contribution in [0.3, 0.4) is 0 Å². The predicted octanol–water partition coefficient (Wildman–Crippen LogP) is 7.10. The van der Waals surface area contributed by atoms with Crippen molar-refractivity contribution in [3.63, 3.8) is 0 Å². The van der Waals surface area contributed by atoms with Crippen LogP contribution in [0.5, 0.6) is 0 Å². The molecule has 0 fully saturated rings. The normalized spacial score (nSPS) is 16.7. The van der Waals surface area contributed by atoms with E-state index in [0.717, 1.165) is 50.6 Å². The third-order valence-electron chi connectivity index (χ3n) is 5.95. The molecule has 2 aromatic carbocycles. The number of carbonyl (C=O) groups excluding carboxylic acids is 1. The van der Waals surface area contributed by atoms with Crippen LogP contribution in [0.15, 0.2) is 72.3 Å². The Morgan fingerprint density at radius 2 is 1.66 bits per heavy atom. The summed E-state index contributed by atoms with van der Waals surface area (Å²) in [6, 6.07) is 21.4. The van der Waals surface area contributed by atoms with Gasteiger partial charge in [-0.1, -0.05) is 73.5 Å². The zero-order valence-corrected chi connectivity index (χ0v) is 17.9. The number of carbonyl (C=O) groups is 1. The van der Waals surface area contributed by atoms with Crippen molar-refractivity contribution in [3.05, 3.63) is 77.9 Å². The molecule has 2 heteroatoms. The molecule has 0 N–H and O–H groups in total. The molecule has 3 rings (SSSR count). The van der Waals surface area contributed by atoms with Crippen LogP contribution in [0, 0.1) is 0 Å². The van der Waals surface area contributed by atoms with Crippen molar-refractivity contribution in [1.82, 2.24) is 0 Å². The van der Waals surface area contributed by atoms with Gasteiger partial charge in [-0.3, -0.25) is 4.79 Å². The van der Waals surface area contributed by atoms with Gasteiger partial charge in [0.25, 0.3) is 0 Å². The fourth-order valence-electron chi connectivity index (χ4n) is 4.32. The smallest absolute Gasteiger partial charge is 0.227 e. The fourth-order valence-corrected chi connectivity index (χ4v) is 4.32. The molecule has 0 aliphatic heterocycles. The van der Waals surface area contributed by atoms with Gasteiger partial charge in [-0.2, -0.15) is 0 Å². The number of amides is 1. The Kier molecular flexibility index (Phi) is 8.55. The largest absolute Gasteiger partial charge is 0.309 e. The molecular weight excluding hydrogens is 354 g/mol. The second kappa shape index (κ2) is 11.6. The van der Waals surface area contributed by atoms with E-state index in [2.05, 4.69) is 60.4 Å². The Labute approximate surface area is 176 Å². The molecule has 29 heavy (non-hydrogen) atoms. The maximum absolute atomic E-state index is 13.0. The first-order valence-electron chi connectivity index (χ1n) is 11.4. The van der Waals surface area contributed by atoms with Gasteiger partial charge in [0.05, 0.1) is 0 Å². The van der Waals surface area contributed by atoms with Crippen LogP contribution in [0.2, 0.25) is 0 Å². The van der Waals surface area contributed by atoms with E-state index in [1.54, 1.807) is 5.57 Å². The van der Waals surface area contributed by atoms with E-state index in [1.807, 2.05) is 18.2 Å². The molecule has 154 valence electrons. The summed E-state index contributed by atoms with van der Waals surface area (Å²) in [6.07, 6.45) is 13.0. The summed E-state index contributed by atoms with van der Waals surface area (Å²) in [5, 5.41) is 0. The minimum atomic E-state index is 0.288. The molecule has 2 aromatic rings. The van der Waals surface area contributed by atoms with Crippen molar-refractivity contribution in [2.75, 3.05) is 4.90 Å². The lowest BCUT2D eigenvalue weighted by Gasteiger charge is -2.31. The lowest BCUT2D eigenvalue weighted by molar-refractivity contribution is -0.119. The highest BCUT2D eigenvalue weighted by molar-refractivity contribution is 5.93. The molecule has 1 aliphatic carbocycles. The van der Waals surface area contributed by atoms with Crippen LogP contribution in [-0.4, -0.2) is 11.9 Å². The summed E-state index contributed by atoms with van der Waals surface area (Å²) in [4.78, 5) is 15.1. The minimum absolute atomic E-state index is 0.288. The van der Waals surface area contributed by atoms with Crippen LogP contribution in [0.25, 0.3) is 0 Å². The molecule has 2 nitrogen and oxygen atoms in total. The molecule has 0 spiro atoms. The minimum Gasteiger partial charge on any atom is -0.309 e. The molecule has 1 amide bonds.